The fourth-order valence-electron chi connectivity index (χ4n) is 1.52. The highest BCUT2D eigenvalue weighted by molar-refractivity contribution is 6.31. The van der Waals surface area contributed by atoms with Crippen LogP contribution in [0.25, 0.3) is 0 Å². The fraction of sp³-hybridized carbons (Fsp3) is 0.300. The number of hydrogen-bond acceptors (Lipinski definition) is 2. The number of ether oxygens (including phenoxy) is 1. The molecule has 67 valence electrons. The third-order valence-corrected chi connectivity index (χ3v) is 2.30. The summed E-state index contributed by atoms with van der Waals surface area (Å²) in [5.74, 6) is 0.658. The second kappa shape index (κ2) is 3.38. The quantitative estimate of drug-likeness (QED) is 0.686. The summed E-state index contributed by atoms with van der Waals surface area (Å²) in [6.45, 7) is 0.670. The Morgan fingerprint density at radius 3 is 3.08 bits per heavy atom. The lowest BCUT2D eigenvalue weighted by Crippen LogP contribution is -2.10. The Balaban J connectivity index is 2.56. The molecule has 0 spiro atoms. The fourth-order valence-corrected chi connectivity index (χ4v) is 1.76. The van der Waals surface area contributed by atoms with E-state index in [0.29, 0.717) is 22.9 Å². The molecular formula is C10H8ClO2. The van der Waals surface area contributed by atoms with Crippen molar-refractivity contribution >= 4 is 17.9 Å². The Hall–Kier alpha value is -1.02. The molecule has 1 aromatic carbocycles. The van der Waals surface area contributed by atoms with Crippen LogP contribution in [-0.2, 0) is 11.2 Å². The van der Waals surface area contributed by atoms with Crippen LogP contribution in [0.1, 0.15) is 17.5 Å². The van der Waals surface area contributed by atoms with E-state index in [-0.39, 0.29) is 0 Å². The van der Waals surface area contributed by atoms with Crippen molar-refractivity contribution < 1.29 is 9.53 Å². The van der Waals surface area contributed by atoms with Crippen molar-refractivity contribution in [2.45, 2.75) is 12.8 Å². The van der Waals surface area contributed by atoms with Gasteiger partial charge < -0.3 is 4.74 Å². The van der Waals surface area contributed by atoms with Crippen LogP contribution in [0, 0.1) is 0 Å². The number of hydrogen-bond donors (Lipinski definition) is 0. The van der Waals surface area contributed by atoms with Gasteiger partial charge >= 0.3 is 0 Å². The highest BCUT2D eigenvalue weighted by Crippen LogP contribution is 2.30. The van der Waals surface area contributed by atoms with E-state index in [0.717, 1.165) is 18.4 Å². The van der Waals surface area contributed by atoms with Gasteiger partial charge in [-0.1, -0.05) is 11.6 Å². The van der Waals surface area contributed by atoms with Gasteiger partial charge in [-0.15, -0.1) is 0 Å². The highest BCUT2D eigenvalue weighted by atomic mass is 35.5. The first-order chi connectivity index (χ1) is 6.31. The minimum Gasteiger partial charge on any atom is -0.493 e. The van der Waals surface area contributed by atoms with Gasteiger partial charge in [0.1, 0.15) is 5.75 Å². The summed E-state index contributed by atoms with van der Waals surface area (Å²) in [6.07, 6.45) is 3.74. The second-order valence-corrected chi connectivity index (χ2v) is 3.43. The van der Waals surface area contributed by atoms with Crippen LogP contribution in [0.3, 0.4) is 0 Å². The van der Waals surface area contributed by atoms with Gasteiger partial charge in [0.15, 0.2) is 0 Å². The Labute approximate surface area is 81.5 Å². The van der Waals surface area contributed by atoms with Crippen LogP contribution < -0.4 is 4.74 Å². The van der Waals surface area contributed by atoms with Crippen LogP contribution in [0.4, 0.5) is 0 Å². The molecular weight excluding hydrogens is 188 g/mol. The topological polar surface area (TPSA) is 26.3 Å². The maximum atomic E-state index is 10.6. The summed E-state index contributed by atoms with van der Waals surface area (Å²) in [5.41, 5.74) is 1.44. The Bertz CT molecular complexity index is 347. The van der Waals surface area contributed by atoms with Gasteiger partial charge in [0.2, 0.25) is 6.29 Å². The van der Waals surface area contributed by atoms with Gasteiger partial charge in [0, 0.05) is 5.02 Å². The molecule has 2 rings (SSSR count). The molecule has 0 N–H and O–H groups in total. The molecule has 0 aliphatic carbocycles. The summed E-state index contributed by atoms with van der Waals surface area (Å²) >= 11 is 5.83. The molecule has 1 radical (unpaired) electrons. The molecule has 0 unspecified atom stereocenters. The standard InChI is InChI=1S/C10H8ClO2/c11-9-4-7-2-1-3-13-10(7)8(5-9)6-12/h4-5H,1-3H2. The summed E-state index contributed by atoms with van der Waals surface area (Å²) in [5, 5.41) is 0.572. The van der Waals surface area contributed by atoms with Crippen LogP contribution >= 0.6 is 11.6 Å². The molecule has 0 saturated carbocycles. The minimum absolute atomic E-state index is 0.433. The van der Waals surface area contributed by atoms with Crippen LogP contribution in [0.5, 0.6) is 5.75 Å². The van der Waals surface area contributed by atoms with Gasteiger partial charge in [-0.25, -0.2) is 0 Å². The number of rotatable bonds is 1. The maximum absolute atomic E-state index is 10.6. The molecule has 1 aromatic rings. The van der Waals surface area contributed by atoms with Crippen molar-refractivity contribution in [3.63, 3.8) is 0 Å². The highest BCUT2D eigenvalue weighted by Gasteiger charge is 2.15. The average Bonchev–Trinajstić information content (AvgIpc) is 2.16. The van der Waals surface area contributed by atoms with Crippen molar-refractivity contribution in [1.82, 2.24) is 0 Å². The molecule has 3 heteroatoms. The first-order valence-electron chi connectivity index (χ1n) is 4.14. The molecule has 0 amide bonds. The molecule has 2 nitrogen and oxygen atoms in total. The van der Waals surface area contributed by atoms with E-state index >= 15 is 0 Å². The summed E-state index contributed by atoms with van der Waals surface area (Å²) in [6, 6.07) is 3.43. The Morgan fingerprint density at radius 2 is 2.31 bits per heavy atom. The van der Waals surface area contributed by atoms with Crippen molar-refractivity contribution in [3.05, 3.63) is 28.3 Å². The number of carbonyl (C=O) groups excluding carboxylic acids is 1. The summed E-state index contributed by atoms with van der Waals surface area (Å²) < 4.78 is 5.38. The third-order valence-electron chi connectivity index (χ3n) is 2.08. The van der Waals surface area contributed by atoms with Crippen LogP contribution in [0.2, 0.25) is 5.02 Å². The predicted molar refractivity (Wildman–Crippen MR) is 50.1 cm³/mol. The molecule has 13 heavy (non-hydrogen) atoms. The van der Waals surface area contributed by atoms with E-state index in [1.165, 1.54) is 0 Å². The largest absolute Gasteiger partial charge is 0.493 e. The first-order valence-corrected chi connectivity index (χ1v) is 4.52. The lowest BCUT2D eigenvalue weighted by atomic mass is 10.0. The second-order valence-electron chi connectivity index (χ2n) is 3.00. The molecule has 1 aliphatic rings. The van der Waals surface area contributed by atoms with Crippen molar-refractivity contribution in [1.29, 1.82) is 0 Å². The molecule has 1 aliphatic heterocycles. The number of aryl methyl sites for hydroxylation is 1. The monoisotopic (exact) mass is 195 g/mol. The van der Waals surface area contributed by atoms with E-state index < -0.39 is 0 Å². The maximum Gasteiger partial charge on any atom is 0.237 e. The van der Waals surface area contributed by atoms with Crippen LogP contribution in [0.15, 0.2) is 12.1 Å². The minimum atomic E-state index is 0.433. The normalized spacial score (nSPS) is 14.5. The van der Waals surface area contributed by atoms with Gasteiger partial charge in [-0.05, 0) is 30.5 Å². The third kappa shape index (κ3) is 1.54. The van der Waals surface area contributed by atoms with Gasteiger partial charge in [0.05, 0.1) is 12.2 Å². The number of halogens is 1. The zero-order chi connectivity index (χ0) is 9.26. The van der Waals surface area contributed by atoms with E-state index in [2.05, 4.69) is 0 Å². The summed E-state index contributed by atoms with van der Waals surface area (Å²) in [7, 11) is 0. The number of benzene rings is 1. The Kier molecular flexibility index (Phi) is 2.23. The lowest BCUT2D eigenvalue weighted by molar-refractivity contribution is 0.287. The molecule has 0 fully saturated rings. The smallest absolute Gasteiger partial charge is 0.237 e. The zero-order valence-electron chi connectivity index (χ0n) is 6.97. The molecule has 0 saturated heterocycles. The van der Waals surface area contributed by atoms with Crippen LogP contribution in [-0.4, -0.2) is 12.9 Å². The first kappa shape index (κ1) is 8.57. The van der Waals surface area contributed by atoms with Gasteiger partial charge in [0.25, 0.3) is 0 Å². The SMILES string of the molecule is O=[C]c1cc(Cl)cc2c1OCCC2. The molecule has 0 aromatic heterocycles. The van der Waals surface area contributed by atoms with Crippen molar-refractivity contribution in [2.75, 3.05) is 6.61 Å². The predicted octanol–water partition coefficient (Wildman–Crippen LogP) is 2.12. The van der Waals surface area contributed by atoms with E-state index in [4.69, 9.17) is 16.3 Å². The average molecular weight is 196 g/mol. The van der Waals surface area contributed by atoms with Crippen molar-refractivity contribution in [3.8, 4) is 5.75 Å². The zero-order valence-corrected chi connectivity index (χ0v) is 7.73. The summed E-state index contributed by atoms with van der Waals surface area (Å²) in [4.78, 5) is 10.6. The van der Waals surface area contributed by atoms with E-state index in [1.807, 2.05) is 12.4 Å². The molecule has 1 heterocycles. The van der Waals surface area contributed by atoms with E-state index in [9.17, 15) is 4.79 Å². The Morgan fingerprint density at radius 1 is 1.46 bits per heavy atom. The van der Waals surface area contributed by atoms with Crippen molar-refractivity contribution in [2.24, 2.45) is 0 Å². The molecule has 0 atom stereocenters. The van der Waals surface area contributed by atoms with Gasteiger partial charge in [-0.2, -0.15) is 0 Å². The molecule has 0 bridgehead atoms. The van der Waals surface area contributed by atoms with E-state index in [1.54, 1.807) is 6.07 Å². The van der Waals surface area contributed by atoms with Gasteiger partial charge in [-0.3, -0.25) is 4.79 Å². The lowest BCUT2D eigenvalue weighted by Gasteiger charge is -2.18. The number of fused-ring (bicyclic) bond motifs is 1.